The van der Waals surface area contributed by atoms with Crippen molar-refractivity contribution in [3.63, 3.8) is 0 Å². The number of amides is 3. The molecule has 0 aromatic carbocycles. The molecule has 1 aromatic heterocycles. The number of nitrogens with one attached hydrogen (secondary N) is 1. The average molecular weight is 421 g/mol. The van der Waals surface area contributed by atoms with E-state index in [1.54, 1.807) is 47.6 Å². The number of imide groups is 1. The van der Waals surface area contributed by atoms with E-state index in [0.717, 1.165) is 0 Å². The molecule has 0 saturated carbocycles. The minimum absolute atomic E-state index is 0.0531. The third-order valence-corrected chi connectivity index (χ3v) is 3.95. The van der Waals surface area contributed by atoms with Gasteiger partial charge in [0.05, 0.1) is 5.92 Å². The first-order chi connectivity index (χ1) is 13.7. The predicted octanol–water partition coefficient (Wildman–Crippen LogP) is 2.50. The van der Waals surface area contributed by atoms with Gasteiger partial charge in [0, 0.05) is 6.20 Å². The smallest absolute Gasteiger partial charge is 0.425 e. The van der Waals surface area contributed by atoms with Crippen LogP contribution in [0.15, 0.2) is 18.3 Å². The van der Waals surface area contributed by atoms with Crippen molar-refractivity contribution in [1.29, 1.82) is 0 Å². The van der Waals surface area contributed by atoms with Crippen molar-refractivity contribution < 1.29 is 33.8 Å². The summed E-state index contributed by atoms with van der Waals surface area (Å²) in [5.41, 5.74) is -1.20. The van der Waals surface area contributed by atoms with Crippen molar-refractivity contribution >= 4 is 29.9 Å². The number of hydrogen-bond acceptors (Lipinski definition) is 7. The monoisotopic (exact) mass is 421 g/mol. The summed E-state index contributed by atoms with van der Waals surface area (Å²) in [7, 11) is 0. The lowest BCUT2D eigenvalue weighted by Gasteiger charge is -2.33. The highest BCUT2D eigenvalue weighted by atomic mass is 16.6. The average Bonchev–Trinajstić information content (AvgIpc) is 2.54. The number of anilines is 1. The number of carbonyl (C=O) groups excluding carboxylic acids is 3. The van der Waals surface area contributed by atoms with Gasteiger partial charge in [-0.05, 0) is 65.7 Å². The fraction of sp³-hybridized carbons (Fsp3) is 0.550. The van der Waals surface area contributed by atoms with Crippen molar-refractivity contribution in [3.05, 3.63) is 23.9 Å². The lowest BCUT2D eigenvalue weighted by Crippen LogP contribution is -2.62. The first kappa shape index (κ1) is 23.1. The van der Waals surface area contributed by atoms with Crippen LogP contribution in [0.25, 0.3) is 0 Å². The maximum atomic E-state index is 12.7. The molecule has 2 N–H and O–H groups in total. The summed E-state index contributed by atoms with van der Waals surface area (Å²) in [6.45, 7) is 9.94. The molecule has 2 heterocycles. The number of carboxylic acid groups (broad SMARTS) is 1. The molecule has 0 aliphatic carbocycles. The molecule has 0 bridgehead atoms. The van der Waals surface area contributed by atoms with Crippen LogP contribution in [0.2, 0.25) is 0 Å². The molecule has 10 heteroatoms. The van der Waals surface area contributed by atoms with Gasteiger partial charge in [0.1, 0.15) is 23.1 Å². The SMILES string of the molecule is CC(C)(C)OC(=O)N(C(=O)OC(C)(C)C)c1cc(C[C@H]2C(=O)N[C@@H]2C(=O)O)ccn1. The maximum absolute atomic E-state index is 12.7. The lowest BCUT2D eigenvalue weighted by atomic mass is 9.85. The van der Waals surface area contributed by atoms with Gasteiger partial charge in [-0.1, -0.05) is 0 Å². The summed E-state index contributed by atoms with van der Waals surface area (Å²) < 4.78 is 10.6. The van der Waals surface area contributed by atoms with E-state index >= 15 is 0 Å². The number of rotatable bonds is 4. The number of pyridine rings is 1. The topological polar surface area (TPSA) is 135 Å². The fourth-order valence-corrected chi connectivity index (χ4v) is 2.70. The van der Waals surface area contributed by atoms with Crippen LogP contribution in [0.5, 0.6) is 0 Å². The van der Waals surface area contributed by atoms with E-state index in [9.17, 15) is 19.2 Å². The minimum atomic E-state index is -1.13. The maximum Gasteiger partial charge on any atom is 0.425 e. The zero-order valence-corrected chi connectivity index (χ0v) is 17.9. The van der Waals surface area contributed by atoms with Crippen LogP contribution in [0.3, 0.4) is 0 Å². The summed E-state index contributed by atoms with van der Waals surface area (Å²) in [6, 6.07) is 2.02. The Balaban J connectivity index is 2.33. The van der Waals surface area contributed by atoms with E-state index in [-0.39, 0.29) is 18.1 Å². The van der Waals surface area contributed by atoms with Crippen molar-refractivity contribution in [2.75, 3.05) is 4.90 Å². The van der Waals surface area contributed by atoms with Crippen molar-refractivity contribution in [3.8, 4) is 0 Å². The van der Waals surface area contributed by atoms with Gasteiger partial charge in [-0.25, -0.2) is 19.4 Å². The normalized spacial score (nSPS) is 18.7. The number of carbonyl (C=O) groups is 4. The van der Waals surface area contributed by atoms with E-state index in [4.69, 9.17) is 14.6 Å². The summed E-state index contributed by atoms with van der Waals surface area (Å²) >= 11 is 0. The number of β-lactam (4-membered cyclic amide) rings is 1. The molecule has 0 spiro atoms. The van der Waals surface area contributed by atoms with Crippen LogP contribution in [0.4, 0.5) is 15.4 Å². The second-order valence-electron chi connectivity index (χ2n) is 8.95. The molecule has 1 saturated heterocycles. The third-order valence-electron chi connectivity index (χ3n) is 3.95. The van der Waals surface area contributed by atoms with Gasteiger partial charge in [0.25, 0.3) is 0 Å². The first-order valence-electron chi connectivity index (χ1n) is 9.42. The highest BCUT2D eigenvalue weighted by molar-refractivity contribution is 6.08. The second-order valence-corrected chi connectivity index (χ2v) is 8.95. The molecule has 0 radical (unpaired) electrons. The Morgan fingerprint density at radius 2 is 1.63 bits per heavy atom. The Morgan fingerprint density at radius 3 is 2.07 bits per heavy atom. The van der Waals surface area contributed by atoms with Crippen LogP contribution in [-0.4, -0.2) is 51.4 Å². The molecule has 1 aromatic rings. The molecule has 3 amide bonds. The number of nitrogens with zero attached hydrogens (tertiary/aromatic N) is 2. The number of ether oxygens (including phenoxy) is 2. The van der Waals surface area contributed by atoms with Gasteiger partial charge in [-0.2, -0.15) is 4.90 Å². The lowest BCUT2D eigenvalue weighted by molar-refractivity contribution is -0.153. The van der Waals surface area contributed by atoms with Gasteiger partial charge < -0.3 is 19.9 Å². The molecule has 0 unspecified atom stereocenters. The molecule has 164 valence electrons. The molecular formula is C20H27N3O7. The minimum Gasteiger partial charge on any atom is -0.480 e. The van der Waals surface area contributed by atoms with Gasteiger partial charge in [-0.15, -0.1) is 0 Å². The summed E-state index contributed by atoms with van der Waals surface area (Å²) in [6.07, 6.45) is -0.467. The van der Waals surface area contributed by atoms with E-state index in [1.165, 1.54) is 12.3 Å². The van der Waals surface area contributed by atoms with Crippen LogP contribution in [0, 0.1) is 5.92 Å². The number of carboxylic acids is 1. The second kappa shape index (κ2) is 8.29. The molecule has 2 atom stereocenters. The standard InChI is InChI=1S/C20H27N3O7/c1-19(2,3)29-17(27)23(18(28)30-20(4,5)6)13-10-11(7-8-21-13)9-12-14(16(25)26)22-15(12)24/h7-8,10,12,14H,9H2,1-6H3,(H,22,24)(H,25,26)/t12-,14+/m1/s1. The molecule has 2 rings (SSSR count). The zero-order chi connectivity index (χ0) is 22.9. The highest BCUT2D eigenvalue weighted by Gasteiger charge is 2.44. The Morgan fingerprint density at radius 1 is 1.10 bits per heavy atom. The Hall–Kier alpha value is -3.17. The summed E-state index contributed by atoms with van der Waals surface area (Å²) in [4.78, 5) is 53.1. The van der Waals surface area contributed by atoms with Crippen molar-refractivity contribution in [2.24, 2.45) is 5.92 Å². The third kappa shape index (κ3) is 5.91. The number of aromatic nitrogens is 1. The van der Waals surface area contributed by atoms with E-state index in [1.807, 2.05) is 0 Å². The van der Waals surface area contributed by atoms with Crippen LogP contribution in [-0.2, 0) is 25.5 Å². The van der Waals surface area contributed by atoms with E-state index < -0.39 is 41.3 Å². The largest absolute Gasteiger partial charge is 0.480 e. The predicted molar refractivity (Wildman–Crippen MR) is 106 cm³/mol. The Kier molecular flexibility index (Phi) is 6.39. The van der Waals surface area contributed by atoms with Crippen LogP contribution < -0.4 is 10.2 Å². The van der Waals surface area contributed by atoms with E-state index in [0.29, 0.717) is 10.5 Å². The molecule has 10 nitrogen and oxygen atoms in total. The molecule has 1 aliphatic rings. The van der Waals surface area contributed by atoms with Gasteiger partial charge in [-0.3, -0.25) is 4.79 Å². The zero-order valence-electron chi connectivity index (χ0n) is 17.9. The highest BCUT2D eigenvalue weighted by Crippen LogP contribution is 2.25. The van der Waals surface area contributed by atoms with Gasteiger partial charge in [0.15, 0.2) is 0 Å². The quantitative estimate of drug-likeness (QED) is 0.708. The van der Waals surface area contributed by atoms with Gasteiger partial charge >= 0.3 is 18.2 Å². The summed E-state index contributed by atoms with van der Waals surface area (Å²) in [5, 5.41) is 11.5. The molecular weight excluding hydrogens is 394 g/mol. The van der Waals surface area contributed by atoms with Crippen LogP contribution >= 0.6 is 0 Å². The first-order valence-corrected chi connectivity index (χ1v) is 9.42. The fourth-order valence-electron chi connectivity index (χ4n) is 2.70. The Labute approximate surface area is 174 Å². The number of hydrogen-bond donors (Lipinski definition) is 2. The molecule has 30 heavy (non-hydrogen) atoms. The summed E-state index contributed by atoms with van der Waals surface area (Å²) in [5.74, 6) is -2.31. The van der Waals surface area contributed by atoms with Crippen molar-refractivity contribution in [1.82, 2.24) is 10.3 Å². The van der Waals surface area contributed by atoms with E-state index in [2.05, 4.69) is 10.3 Å². The molecule has 1 aliphatic heterocycles. The van der Waals surface area contributed by atoms with Gasteiger partial charge in [0.2, 0.25) is 5.91 Å². The van der Waals surface area contributed by atoms with Crippen LogP contribution in [0.1, 0.15) is 47.1 Å². The Bertz CT molecular complexity index is 827. The number of aliphatic carboxylic acids is 1. The van der Waals surface area contributed by atoms with Crippen molar-refractivity contribution in [2.45, 2.75) is 65.2 Å². The molecule has 1 fully saturated rings.